The largest absolute Gasteiger partial charge is 0.461 e. The zero-order valence-corrected chi connectivity index (χ0v) is 16.4. The topological polar surface area (TPSA) is 89.9 Å². The monoisotopic (exact) mass is 399 g/mol. The van der Waals surface area contributed by atoms with Gasteiger partial charge >= 0.3 is 0 Å². The molecule has 0 unspecified atom stereocenters. The van der Waals surface area contributed by atoms with Gasteiger partial charge in [-0.15, -0.1) is 10.2 Å². The Labute approximate surface area is 164 Å². The van der Waals surface area contributed by atoms with E-state index in [0.29, 0.717) is 23.2 Å². The molecule has 0 fully saturated rings. The van der Waals surface area contributed by atoms with Gasteiger partial charge < -0.3 is 14.3 Å². The highest BCUT2D eigenvalue weighted by atomic mass is 32.2. The van der Waals surface area contributed by atoms with Crippen LogP contribution in [0.1, 0.15) is 23.9 Å². The minimum absolute atomic E-state index is 0.446. The lowest BCUT2D eigenvalue weighted by Gasteiger charge is -2.11. The molecule has 3 heterocycles. The van der Waals surface area contributed by atoms with Crippen LogP contribution in [0.5, 0.6) is 0 Å². The van der Waals surface area contributed by atoms with Crippen molar-refractivity contribution < 1.29 is 8.94 Å². The molecule has 9 heteroatoms. The van der Waals surface area contributed by atoms with Crippen molar-refractivity contribution in [2.24, 2.45) is 0 Å². The maximum Gasteiger partial charge on any atom is 0.238 e. The highest BCUT2D eigenvalue weighted by Gasteiger charge is 2.13. The summed E-state index contributed by atoms with van der Waals surface area (Å²) < 4.78 is 11.4. The Balaban J connectivity index is 1.40. The number of rotatable bonds is 7. The smallest absolute Gasteiger partial charge is 0.238 e. The van der Waals surface area contributed by atoms with Crippen LogP contribution in [0.4, 0.5) is 10.8 Å². The van der Waals surface area contributed by atoms with E-state index in [9.17, 15) is 0 Å². The highest BCUT2D eigenvalue weighted by molar-refractivity contribution is 8.00. The van der Waals surface area contributed by atoms with Crippen molar-refractivity contribution in [3.8, 4) is 11.6 Å². The number of para-hydroxylation sites is 1. The molecule has 0 bridgehead atoms. The Bertz CT molecular complexity index is 1030. The van der Waals surface area contributed by atoms with Gasteiger partial charge in [0.1, 0.15) is 0 Å². The van der Waals surface area contributed by atoms with Crippen molar-refractivity contribution in [3.63, 3.8) is 0 Å². The average Bonchev–Trinajstić information content (AvgIpc) is 3.43. The third-order valence-electron chi connectivity index (χ3n) is 3.91. The van der Waals surface area contributed by atoms with Crippen LogP contribution < -0.4 is 5.32 Å². The van der Waals surface area contributed by atoms with Crippen LogP contribution in [0.2, 0.25) is 0 Å². The normalized spacial score (nSPS) is 11.0. The summed E-state index contributed by atoms with van der Waals surface area (Å²) in [6, 6.07) is 9.86. The second kappa shape index (κ2) is 7.93. The molecule has 27 heavy (non-hydrogen) atoms. The maximum absolute atomic E-state index is 5.26. The molecule has 4 aromatic rings. The van der Waals surface area contributed by atoms with Gasteiger partial charge in [-0.3, -0.25) is 0 Å². The van der Waals surface area contributed by atoms with Crippen LogP contribution in [0.3, 0.4) is 0 Å². The Kier molecular flexibility index (Phi) is 5.21. The average molecular weight is 400 g/mol. The number of nitrogens with zero attached hydrogens (tertiary/aromatic N) is 4. The quantitative estimate of drug-likeness (QED) is 0.430. The van der Waals surface area contributed by atoms with Gasteiger partial charge in [0.05, 0.1) is 12.0 Å². The van der Waals surface area contributed by atoms with Crippen molar-refractivity contribution in [1.82, 2.24) is 20.3 Å². The maximum atomic E-state index is 5.26. The molecule has 4 rings (SSSR count). The SMILES string of the molecule is CCc1cccc(C)c1Nc1nnc(SCc2nc(-c3ccco3)no2)s1. The Morgan fingerprint density at radius 2 is 2.11 bits per heavy atom. The zero-order valence-electron chi connectivity index (χ0n) is 14.8. The number of anilines is 2. The minimum atomic E-state index is 0.446. The third kappa shape index (κ3) is 4.04. The summed E-state index contributed by atoms with van der Waals surface area (Å²) in [5, 5.41) is 16.6. The molecule has 0 aliphatic heterocycles. The lowest BCUT2D eigenvalue weighted by molar-refractivity contribution is 0.390. The van der Waals surface area contributed by atoms with E-state index in [-0.39, 0.29) is 0 Å². The molecule has 0 saturated heterocycles. The predicted molar refractivity (Wildman–Crippen MR) is 105 cm³/mol. The van der Waals surface area contributed by atoms with Gasteiger partial charge in [0.2, 0.25) is 16.8 Å². The molecule has 0 atom stereocenters. The molecule has 0 saturated carbocycles. The van der Waals surface area contributed by atoms with Gasteiger partial charge in [0, 0.05) is 5.69 Å². The van der Waals surface area contributed by atoms with Gasteiger partial charge in [0.15, 0.2) is 10.1 Å². The second-order valence-electron chi connectivity index (χ2n) is 5.74. The van der Waals surface area contributed by atoms with Crippen molar-refractivity contribution in [2.45, 2.75) is 30.4 Å². The molecule has 0 radical (unpaired) electrons. The molecular weight excluding hydrogens is 382 g/mol. The molecule has 7 nitrogen and oxygen atoms in total. The molecule has 3 aromatic heterocycles. The summed E-state index contributed by atoms with van der Waals surface area (Å²) in [5.74, 6) is 2.07. The zero-order chi connectivity index (χ0) is 18.6. The number of hydrogen-bond acceptors (Lipinski definition) is 9. The van der Waals surface area contributed by atoms with Crippen LogP contribution in [0, 0.1) is 6.92 Å². The summed E-state index contributed by atoms with van der Waals surface area (Å²) in [5.41, 5.74) is 3.55. The first-order chi connectivity index (χ1) is 13.2. The summed E-state index contributed by atoms with van der Waals surface area (Å²) in [6.45, 7) is 4.23. The number of hydrogen-bond donors (Lipinski definition) is 1. The molecule has 0 aliphatic carbocycles. The van der Waals surface area contributed by atoms with Crippen LogP contribution in [-0.4, -0.2) is 20.3 Å². The van der Waals surface area contributed by atoms with Gasteiger partial charge in [-0.2, -0.15) is 4.98 Å². The standard InChI is InChI=1S/C18H17N5O2S2/c1-3-12-7-4-6-11(2)15(12)20-17-21-22-18(27-17)26-10-14-19-16(23-25-14)13-8-5-9-24-13/h4-9H,3,10H2,1-2H3,(H,20,21). The number of thioether (sulfide) groups is 1. The molecule has 0 amide bonds. The van der Waals surface area contributed by atoms with Gasteiger partial charge in [-0.1, -0.05) is 53.4 Å². The van der Waals surface area contributed by atoms with Crippen molar-refractivity contribution >= 4 is 33.9 Å². The van der Waals surface area contributed by atoms with Gasteiger partial charge in [-0.05, 0) is 36.6 Å². The van der Waals surface area contributed by atoms with E-state index < -0.39 is 0 Å². The van der Waals surface area contributed by atoms with E-state index in [1.54, 1.807) is 18.4 Å². The first-order valence-corrected chi connectivity index (χ1v) is 10.2. The molecule has 138 valence electrons. The summed E-state index contributed by atoms with van der Waals surface area (Å²) in [6.07, 6.45) is 2.54. The summed E-state index contributed by atoms with van der Waals surface area (Å²) in [7, 11) is 0. The van der Waals surface area contributed by atoms with Crippen molar-refractivity contribution in [1.29, 1.82) is 0 Å². The number of aromatic nitrogens is 4. The second-order valence-corrected chi connectivity index (χ2v) is 7.94. The van der Waals surface area contributed by atoms with Crippen molar-refractivity contribution in [3.05, 3.63) is 53.6 Å². The fourth-order valence-corrected chi connectivity index (χ4v) is 4.16. The number of furan rings is 1. The summed E-state index contributed by atoms with van der Waals surface area (Å²) >= 11 is 3.01. The van der Waals surface area contributed by atoms with Crippen LogP contribution in [-0.2, 0) is 12.2 Å². The fourth-order valence-electron chi connectivity index (χ4n) is 2.57. The van der Waals surface area contributed by atoms with E-state index in [2.05, 4.69) is 57.7 Å². The third-order valence-corrected chi connectivity index (χ3v) is 5.86. The Hall–Kier alpha value is -2.65. The molecule has 0 spiro atoms. The number of benzene rings is 1. The van der Waals surface area contributed by atoms with E-state index in [1.165, 1.54) is 34.2 Å². The first kappa shape index (κ1) is 17.7. The number of aryl methyl sites for hydroxylation is 2. The molecule has 1 N–H and O–H groups in total. The molecule has 1 aromatic carbocycles. The molecular formula is C18H17N5O2S2. The Morgan fingerprint density at radius 1 is 1.19 bits per heavy atom. The fraction of sp³-hybridized carbons (Fsp3) is 0.222. The van der Waals surface area contributed by atoms with E-state index in [1.807, 2.05) is 0 Å². The number of nitrogens with one attached hydrogen (secondary N) is 1. The lowest BCUT2D eigenvalue weighted by atomic mass is 10.1. The highest BCUT2D eigenvalue weighted by Crippen LogP contribution is 2.32. The van der Waals surface area contributed by atoms with E-state index in [0.717, 1.165) is 21.6 Å². The van der Waals surface area contributed by atoms with Crippen LogP contribution in [0.15, 0.2) is 49.9 Å². The van der Waals surface area contributed by atoms with Crippen LogP contribution >= 0.6 is 23.1 Å². The molecule has 0 aliphatic rings. The predicted octanol–water partition coefficient (Wildman–Crippen LogP) is 5.09. The lowest BCUT2D eigenvalue weighted by Crippen LogP contribution is -1.97. The van der Waals surface area contributed by atoms with Crippen LogP contribution in [0.25, 0.3) is 11.6 Å². The van der Waals surface area contributed by atoms with Gasteiger partial charge in [-0.25, -0.2) is 0 Å². The van der Waals surface area contributed by atoms with E-state index in [4.69, 9.17) is 8.94 Å². The minimum Gasteiger partial charge on any atom is -0.461 e. The van der Waals surface area contributed by atoms with Crippen molar-refractivity contribution in [2.75, 3.05) is 5.32 Å². The van der Waals surface area contributed by atoms with Gasteiger partial charge in [0.25, 0.3) is 0 Å². The first-order valence-electron chi connectivity index (χ1n) is 8.41. The Morgan fingerprint density at radius 3 is 2.93 bits per heavy atom. The summed E-state index contributed by atoms with van der Waals surface area (Å²) in [4.78, 5) is 4.33. The van der Waals surface area contributed by atoms with E-state index >= 15 is 0 Å².